The van der Waals surface area contributed by atoms with E-state index < -0.39 is 5.91 Å². The average molecular weight is 291 g/mol. The first-order valence-corrected chi connectivity index (χ1v) is 7.43. The molecule has 0 radical (unpaired) electrons. The number of ether oxygens (including phenoxy) is 1. The number of hydrogen-bond acceptors (Lipinski definition) is 4. The molecule has 1 atom stereocenters. The second kappa shape index (κ2) is 7.43. The Bertz CT molecular complexity index is 476. The van der Waals surface area contributed by atoms with E-state index in [-0.39, 0.29) is 6.61 Å². The maximum atomic E-state index is 10.8. The summed E-state index contributed by atoms with van der Waals surface area (Å²) in [4.78, 5) is 15.5. The molecule has 1 aliphatic rings. The van der Waals surface area contributed by atoms with Crippen molar-refractivity contribution in [3.63, 3.8) is 0 Å². The number of nitrogens with two attached hydrogens (primary N) is 1. The Hall–Kier alpha value is -1.59. The van der Waals surface area contributed by atoms with Gasteiger partial charge in [0.2, 0.25) is 0 Å². The number of rotatable bonds is 6. The summed E-state index contributed by atoms with van der Waals surface area (Å²) >= 11 is 0. The van der Waals surface area contributed by atoms with Gasteiger partial charge in [0, 0.05) is 19.1 Å². The number of carbonyl (C=O) groups excluding carboxylic acids is 1. The van der Waals surface area contributed by atoms with Gasteiger partial charge in [-0.15, -0.1) is 0 Å². The lowest BCUT2D eigenvalue weighted by Gasteiger charge is -2.36. The van der Waals surface area contributed by atoms with Crippen LogP contribution in [0.4, 0.5) is 0 Å². The molecule has 0 aromatic heterocycles. The van der Waals surface area contributed by atoms with Crippen LogP contribution in [0.25, 0.3) is 0 Å². The number of piperidine rings is 1. The van der Waals surface area contributed by atoms with Gasteiger partial charge in [-0.2, -0.15) is 0 Å². The van der Waals surface area contributed by atoms with Gasteiger partial charge in [-0.25, -0.2) is 0 Å². The number of likely N-dealkylation sites (tertiary alicyclic amines) is 1. The van der Waals surface area contributed by atoms with E-state index >= 15 is 0 Å². The van der Waals surface area contributed by atoms with E-state index in [2.05, 4.69) is 30.0 Å². The first-order chi connectivity index (χ1) is 10.0. The van der Waals surface area contributed by atoms with E-state index in [9.17, 15) is 4.79 Å². The molecule has 21 heavy (non-hydrogen) atoms. The van der Waals surface area contributed by atoms with Gasteiger partial charge < -0.3 is 15.4 Å². The van der Waals surface area contributed by atoms with Gasteiger partial charge in [0.25, 0.3) is 5.91 Å². The highest BCUT2D eigenvalue weighted by Crippen LogP contribution is 2.19. The molecule has 5 heteroatoms. The standard InChI is InChI=1S/C16H25N3O2/c1-18(2)14-6-4-8-19(11-14)10-13-5-3-7-15(9-13)21-12-16(17)20/h3,5,7,9,14H,4,6,8,10-12H2,1-2H3,(H2,17,20). The fourth-order valence-electron chi connectivity index (χ4n) is 2.74. The highest BCUT2D eigenvalue weighted by atomic mass is 16.5. The molecule has 0 saturated carbocycles. The van der Waals surface area contributed by atoms with E-state index in [0.717, 1.165) is 19.6 Å². The second-order valence-corrected chi connectivity index (χ2v) is 5.90. The zero-order valence-electron chi connectivity index (χ0n) is 12.9. The third-order valence-electron chi connectivity index (χ3n) is 3.90. The van der Waals surface area contributed by atoms with Crippen LogP contribution >= 0.6 is 0 Å². The number of amides is 1. The molecule has 1 fully saturated rings. The van der Waals surface area contributed by atoms with Gasteiger partial charge in [-0.1, -0.05) is 12.1 Å². The Morgan fingerprint density at radius 1 is 1.48 bits per heavy atom. The fraction of sp³-hybridized carbons (Fsp3) is 0.562. The number of hydrogen-bond donors (Lipinski definition) is 1. The van der Waals surface area contributed by atoms with Crippen molar-refractivity contribution in [3.8, 4) is 5.75 Å². The van der Waals surface area contributed by atoms with Crippen LogP contribution in [0.15, 0.2) is 24.3 Å². The first kappa shape index (κ1) is 15.8. The largest absolute Gasteiger partial charge is 0.484 e. The Kier molecular flexibility index (Phi) is 5.59. The molecule has 1 unspecified atom stereocenters. The van der Waals surface area contributed by atoms with Crippen molar-refractivity contribution in [2.75, 3.05) is 33.8 Å². The smallest absolute Gasteiger partial charge is 0.255 e. The normalized spacial score (nSPS) is 19.7. The lowest BCUT2D eigenvalue weighted by atomic mass is 10.0. The molecular weight excluding hydrogens is 266 g/mol. The monoisotopic (exact) mass is 291 g/mol. The quantitative estimate of drug-likeness (QED) is 0.852. The molecule has 0 aliphatic carbocycles. The van der Waals surface area contributed by atoms with Crippen molar-refractivity contribution in [2.45, 2.75) is 25.4 Å². The predicted molar refractivity (Wildman–Crippen MR) is 83.1 cm³/mol. The molecule has 1 aromatic carbocycles. The SMILES string of the molecule is CN(C)C1CCCN(Cc2cccc(OCC(N)=O)c2)C1. The summed E-state index contributed by atoms with van der Waals surface area (Å²) in [6, 6.07) is 8.52. The summed E-state index contributed by atoms with van der Waals surface area (Å²) < 4.78 is 5.36. The Labute approximate surface area is 126 Å². The van der Waals surface area contributed by atoms with Crippen molar-refractivity contribution < 1.29 is 9.53 Å². The summed E-state index contributed by atoms with van der Waals surface area (Å²) in [5.74, 6) is 0.248. The van der Waals surface area contributed by atoms with E-state index in [1.54, 1.807) is 0 Å². The van der Waals surface area contributed by atoms with Gasteiger partial charge >= 0.3 is 0 Å². The molecule has 1 saturated heterocycles. The Balaban J connectivity index is 1.92. The third-order valence-corrected chi connectivity index (χ3v) is 3.90. The van der Waals surface area contributed by atoms with Crippen molar-refractivity contribution >= 4 is 5.91 Å². The topological polar surface area (TPSA) is 58.8 Å². The van der Waals surface area contributed by atoms with Crippen LogP contribution in [0.3, 0.4) is 0 Å². The van der Waals surface area contributed by atoms with Crippen LogP contribution in [0.2, 0.25) is 0 Å². The summed E-state index contributed by atoms with van der Waals surface area (Å²) in [6.45, 7) is 3.07. The lowest BCUT2D eigenvalue weighted by Crippen LogP contribution is -2.44. The number of nitrogens with zero attached hydrogens (tertiary/aromatic N) is 2. The van der Waals surface area contributed by atoms with Gasteiger partial charge in [0.1, 0.15) is 5.75 Å². The molecule has 2 rings (SSSR count). The Morgan fingerprint density at radius 2 is 2.29 bits per heavy atom. The average Bonchev–Trinajstić information content (AvgIpc) is 2.46. The first-order valence-electron chi connectivity index (χ1n) is 7.43. The summed E-state index contributed by atoms with van der Waals surface area (Å²) in [7, 11) is 4.29. The van der Waals surface area contributed by atoms with Crippen LogP contribution < -0.4 is 10.5 Å². The van der Waals surface area contributed by atoms with Gasteiger partial charge in [0.05, 0.1) is 0 Å². The van der Waals surface area contributed by atoms with Gasteiger partial charge in [-0.05, 0) is 51.2 Å². The predicted octanol–water partition coefficient (Wildman–Crippen LogP) is 1.08. The minimum atomic E-state index is -0.453. The molecule has 5 nitrogen and oxygen atoms in total. The van der Waals surface area contributed by atoms with E-state index in [1.165, 1.54) is 18.4 Å². The van der Waals surface area contributed by atoms with Crippen LogP contribution in [0, 0.1) is 0 Å². The molecule has 0 spiro atoms. The van der Waals surface area contributed by atoms with Crippen LogP contribution in [0.1, 0.15) is 18.4 Å². The molecule has 1 amide bonds. The molecule has 0 bridgehead atoms. The summed E-state index contributed by atoms with van der Waals surface area (Å²) in [5, 5.41) is 0. The molecule has 116 valence electrons. The number of likely N-dealkylation sites (N-methyl/N-ethyl adjacent to an activating group) is 1. The molecule has 2 N–H and O–H groups in total. The van der Waals surface area contributed by atoms with Crippen molar-refractivity contribution in [1.29, 1.82) is 0 Å². The zero-order chi connectivity index (χ0) is 15.2. The van der Waals surface area contributed by atoms with Crippen LogP contribution in [0.5, 0.6) is 5.75 Å². The van der Waals surface area contributed by atoms with Crippen LogP contribution in [-0.4, -0.2) is 55.5 Å². The zero-order valence-corrected chi connectivity index (χ0v) is 12.9. The highest BCUT2D eigenvalue weighted by molar-refractivity contribution is 5.75. The highest BCUT2D eigenvalue weighted by Gasteiger charge is 2.21. The number of carbonyl (C=O) groups is 1. The second-order valence-electron chi connectivity index (χ2n) is 5.90. The van der Waals surface area contributed by atoms with E-state index in [0.29, 0.717) is 11.8 Å². The van der Waals surface area contributed by atoms with Crippen molar-refractivity contribution in [2.24, 2.45) is 5.73 Å². The molecule has 1 heterocycles. The number of benzene rings is 1. The molecular formula is C16H25N3O2. The van der Waals surface area contributed by atoms with Crippen molar-refractivity contribution in [3.05, 3.63) is 29.8 Å². The minimum absolute atomic E-state index is 0.0735. The van der Waals surface area contributed by atoms with E-state index in [1.807, 2.05) is 18.2 Å². The Morgan fingerprint density at radius 3 is 3.00 bits per heavy atom. The maximum Gasteiger partial charge on any atom is 0.255 e. The lowest BCUT2D eigenvalue weighted by molar-refractivity contribution is -0.119. The molecule has 1 aromatic rings. The summed E-state index contributed by atoms with van der Waals surface area (Å²) in [5.41, 5.74) is 6.30. The van der Waals surface area contributed by atoms with Crippen LogP contribution in [-0.2, 0) is 11.3 Å². The number of primary amides is 1. The summed E-state index contributed by atoms with van der Waals surface area (Å²) in [6.07, 6.45) is 2.51. The van der Waals surface area contributed by atoms with E-state index in [4.69, 9.17) is 10.5 Å². The van der Waals surface area contributed by atoms with Gasteiger partial charge in [0.15, 0.2) is 6.61 Å². The molecule has 1 aliphatic heterocycles. The third kappa shape index (κ3) is 5.02. The minimum Gasteiger partial charge on any atom is -0.484 e. The maximum absolute atomic E-state index is 10.8. The van der Waals surface area contributed by atoms with Gasteiger partial charge in [-0.3, -0.25) is 9.69 Å². The van der Waals surface area contributed by atoms with Crippen molar-refractivity contribution in [1.82, 2.24) is 9.80 Å². The fourth-order valence-corrected chi connectivity index (χ4v) is 2.74.